The van der Waals surface area contributed by atoms with E-state index in [1.807, 2.05) is 12.1 Å². The molecule has 1 aliphatic heterocycles. The number of guanidine groups is 1. The summed E-state index contributed by atoms with van der Waals surface area (Å²) in [6.45, 7) is 10.4. The van der Waals surface area contributed by atoms with E-state index in [1.165, 1.54) is 29.8 Å². The van der Waals surface area contributed by atoms with Crippen molar-refractivity contribution in [3.8, 4) is 5.75 Å². The van der Waals surface area contributed by atoms with Crippen molar-refractivity contribution in [3.05, 3.63) is 65.2 Å². The van der Waals surface area contributed by atoms with Crippen LogP contribution in [0, 0.1) is 0 Å². The predicted molar refractivity (Wildman–Crippen MR) is 124 cm³/mol. The largest absolute Gasteiger partial charge is 0.497 e. The number of methoxy groups -OCH3 is 1. The van der Waals surface area contributed by atoms with Gasteiger partial charge in [-0.2, -0.15) is 0 Å². The number of ether oxygens (including phenoxy) is 1. The summed E-state index contributed by atoms with van der Waals surface area (Å²) in [5.74, 6) is 1.36. The molecule has 0 aliphatic carbocycles. The zero-order valence-corrected chi connectivity index (χ0v) is 18.3. The van der Waals surface area contributed by atoms with Crippen LogP contribution in [0.1, 0.15) is 23.6 Å². The van der Waals surface area contributed by atoms with Crippen molar-refractivity contribution in [1.82, 2.24) is 15.1 Å². The standard InChI is InChI=1S/C24H35N5O/c1-3-28-14-16-29(17-15-28)19-22-6-4-21(5-7-22)18-27-24(25)26-13-12-20-8-10-23(30-2)11-9-20/h4-11H,3,12-19H2,1-2H3,(H3,25,26,27). The Hall–Kier alpha value is -2.57. The van der Waals surface area contributed by atoms with Crippen LogP contribution in [0.5, 0.6) is 5.75 Å². The van der Waals surface area contributed by atoms with Crippen molar-refractivity contribution in [3.63, 3.8) is 0 Å². The molecule has 1 saturated heterocycles. The van der Waals surface area contributed by atoms with E-state index >= 15 is 0 Å². The number of hydrogen-bond acceptors (Lipinski definition) is 4. The number of nitrogens with one attached hydrogen (secondary N) is 1. The van der Waals surface area contributed by atoms with E-state index in [-0.39, 0.29) is 0 Å². The van der Waals surface area contributed by atoms with Crippen molar-refractivity contribution in [2.24, 2.45) is 10.7 Å². The Morgan fingerprint density at radius 1 is 0.933 bits per heavy atom. The minimum absolute atomic E-state index is 0.487. The second kappa shape index (κ2) is 11.6. The van der Waals surface area contributed by atoms with E-state index in [4.69, 9.17) is 10.5 Å². The Bertz CT molecular complexity index is 780. The Kier molecular flexibility index (Phi) is 8.53. The molecular weight excluding hydrogens is 374 g/mol. The van der Waals surface area contributed by atoms with Crippen LogP contribution >= 0.6 is 0 Å². The first kappa shape index (κ1) is 22.1. The minimum atomic E-state index is 0.487. The number of nitrogens with two attached hydrogens (primary N) is 1. The molecule has 2 aromatic carbocycles. The zero-order valence-electron chi connectivity index (χ0n) is 18.3. The van der Waals surface area contributed by atoms with Crippen LogP contribution in [0.2, 0.25) is 0 Å². The van der Waals surface area contributed by atoms with Gasteiger partial charge in [-0.3, -0.25) is 4.90 Å². The SMILES string of the molecule is CCN1CCN(Cc2ccc(CN=C(N)NCCc3ccc(OC)cc3)cc2)CC1. The molecule has 1 aliphatic rings. The maximum Gasteiger partial charge on any atom is 0.188 e. The van der Waals surface area contributed by atoms with Gasteiger partial charge in [0.15, 0.2) is 5.96 Å². The molecule has 6 heteroatoms. The highest BCUT2D eigenvalue weighted by atomic mass is 16.5. The molecule has 0 amide bonds. The lowest BCUT2D eigenvalue weighted by atomic mass is 10.1. The van der Waals surface area contributed by atoms with Gasteiger partial charge >= 0.3 is 0 Å². The molecule has 0 saturated carbocycles. The number of rotatable bonds is 9. The lowest BCUT2D eigenvalue weighted by Gasteiger charge is -2.34. The number of hydrogen-bond donors (Lipinski definition) is 2. The zero-order chi connectivity index (χ0) is 21.2. The lowest BCUT2D eigenvalue weighted by molar-refractivity contribution is 0.132. The van der Waals surface area contributed by atoms with Crippen LogP contribution in [-0.4, -0.2) is 62.1 Å². The van der Waals surface area contributed by atoms with E-state index < -0.39 is 0 Å². The van der Waals surface area contributed by atoms with E-state index in [1.54, 1.807) is 7.11 Å². The Morgan fingerprint density at radius 3 is 2.17 bits per heavy atom. The normalized spacial score (nSPS) is 15.9. The molecule has 0 radical (unpaired) electrons. The fraction of sp³-hybridized carbons (Fsp3) is 0.458. The summed E-state index contributed by atoms with van der Waals surface area (Å²) in [7, 11) is 1.68. The highest BCUT2D eigenvalue weighted by Gasteiger charge is 2.15. The fourth-order valence-corrected chi connectivity index (χ4v) is 3.63. The lowest BCUT2D eigenvalue weighted by Crippen LogP contribution is -2.45. The van der Waals surface area contributed by atoms with Gasteiger partial charge in [0.05, 0.1) is 13.7 Å². The number of piperazine rings is 1. The molecule has 1 heterocycles. The summed E-state index contributed by atoms with van der Waals surface area (Å²) in [4.78, 5) is 9.50. The van der Waals surface area contributed by atoms with Crippen molar-refractivity contribution in [2.75, 3.05) is 46.4 Å². The minimum Gasteiger partial charge on any atom is -0.497 e. The summed E-state index contributed by atoms with van der Waals surface area (Å²) in [6.07, 6.45) is 0.890. The smallest absolute Gasteiger partial charge is 0.188 e. The van der Waals surface area contributed by atoms with Gasteiger partial charge in [0, 0.05) is 39.3 Å². The molecule has 0 aromatic heterocycles. The highest BCUT2D eigenvalue weighted by Crippen LogP contribution is 2.12. The third kappa shape index (κ3) is 7.04. The first-order valence-electron chi connectivity index (χ1n) is 10.9. The van der Waals surface area contributed by atoms with Gasteiger partial charge in [0.25, 0.3) is 0 Å². The first-order valence-corrected chi connectivity index (χ1v) is 10.9. The summed E-state index contributed by atoms with van der Waals surface area (Å²) >= 11 is 0. The molecule has 162 valence electrons. The maximum atomic E-state index is 6.02. The number of nitrogens with zero attached hydrogens (tertiary/aromatic N) is 3. The Balaban J connectivity index is 1.38. The first-order chi connectivity index (χ1) is 14.7. The maximum absolute atomic E-state index is 6.02. The molecule has 0 spiro atoms. The van der Waals surface area contributed by atoms with E-state index in [2.05, 4.69) is 63.4 Å². The number of aliphatic imine (C=N–C) groups is 1. The van der Waals surface area contributed by atoms with Crippen LogP contribution in [0.4, 0.5) is 0 Å². The quantitative estimate of drug-likeness (QED) is 0.492. The third-order valence-corrected chi connectivity index (χ3v) is 5.65. The van der Waals surface area contributed by atoms with Crippen LogP contribution in [0.25, 0.3) is 0 Å². The summed E-state index contributed by atoms with van der Waals surface area (Å²) in [5.41, 5.74) is 9.79. The molecule has 0 unspecified atom stereocenters. The summed E-state index contributed by atoms with van der Waals surface area (Å²) < 4.78 is 5.18. The van der Waals surface area contributed by atoms with Gasteiger partial charge in [-0.05, 0) is 41.8 Å². The number of benzene rings is 2. The average Bonchev–Trinajstić information content (AvgIpc) is 2.79. The molecule has 3 N–H and O–H groups in total. The van der Waals surface area contributed by atoms with Gasteiger partial charge in [-0.1, -0.05) is 43.3 Å². The van der Waals surface area contributed by atoms with Gasteiger partial charge in [-0.15, -0.1) is 0 Å². The fourth-order valence-electron chi connectivity index (χ4n) is 3.63. The van der Waals surface area contributed by atoms with Crippen molar-refractivity contribution >= 4 is 5.96 Å². The van der Waals surface area contributed by atoms with Crippen LogP contribution in [-0.2, 0) is 19.5 Å². The van der Waals surface area contributed by atoms with Crippen molar-refractivity contribution in [1.29, 1.82) is 0 Å². The molecular formula is C24H35N5O. The average molecular weight is 410 g/mol. The van der Waals surface area contributed by atoms with E-state index in [0.717, 1.165) is 44.9 Å². The van der Waals surface area contributed by atoms with Gasteiger partial charge in [0.2, 0.25) is 0 Å². The predicted octanol–water partition coefficient (Wildman–Crippen LogP) is 2.48. The van der Waals surface area contributed by atoms with Gasteiger partial charge in [-0.25, -0.2) is 4.99 Å². The monoisotopic (exact) mass is 409 g/mol. The highest BCUT2D eigenvalue weighted by molar-refractivity contribution is 5.77. The molecule has 0 bridgehead atoms. The van der Waals surface area contributed by atoms with Crippen molar-refractivity contribution < 1.29 is 4.74 Å². The molecule has 1 fully saturated rings. The Morgan fingerprint density at radius 2 is 1.53 bits per heavy atom. The topological polar surface area (TPSA) is 66.1 Å². The third-order valence-electron chi connectivity index (χ3n) is 5.65. The van der Waals surface area contributed by atoms with Gasteiger partial charge in [0.1, 0.15) is 5.75 Å². The molecule has 3 rings (SSSR count). The van der Waals surface area contributed by atoms with Crippen LogP contribution in [0.15, 0.2) is 53.5 Å². The van der Waals surface area contributed by atoms with E-state index in [0.29, 0.717) is 12.5 Å². The van der Waals surface area contributed by atoms with Crippen molar-refractivity contribution in [2.45, 2.75) is 26.4 Å². The molecule has 0 atom stereocenters. The second-order valence-corrected chi connectivity index (χ2v) is 7.75. The molecule has 6 nitrogen and oxygen atoms in total. The molecule has 2 aromatic rings. The van der Waals surface area contributed by atoms with E-state index in [9.17, 15) is 0 Å². The van der Waals surface area contributed by atoms with Crippen LogP contribution < -0.4 is 15.8 Å². The summed E-state index contributed by atoms with van der Waals surface area (Å²) in [5, 5.41) is 3.19. The molecule has 30 heavy (non-hydrogen) atoms. The van der Waals surface area contributed by atoms with Crippen LogP contribution in [0.3, 0.4) is 0 Å². The second-order valence-electron chi connectivity index (χ2n) is 7.75. The Labute approximate surface area is 180 Å². The number of likely N-dealkylation sites (N-methyl/N-ethyl adjacent to an activating group) is 1. The summed E-state index contributed by atoms with van der Waals surface area (Å²) in [6, 6.07) is 16.8. The van der Waals surface area contributed by atoms with Gasteiger partial charge < -0.3 is 20.7 Å².